The van der Waals surface area contributed by atoms with Gasteiger partial charge in [-0.15, -0.1) is 0 Å². The molecule has 0 saturated carbocycles. The molecular weight excluding hydrogens is 259 g/mol. The van der Waals surface area contributed by atoms with Crippen molar-refractivity contribution in [2.24, 2.45) is 0 Å². The Hall–Kier alpha value is -1.43. The van der Waals surface area contributed by atoms with Crippen LogP contribution in [0.15, 0.2) is 18.2 Å². The van der Waals surface area contributed by atoms with E-state index < -0.39 is 17.3 Å². The second-order valence-corrected chi connectivity index (χ2v) is 4.82. The maximum Gasteiger partial charge on any atom is 0.420 e. The second kappa shape index (κ2) is 5.69. The third-order valence-corrected chi connectivity index (χ3v) is 2.82. The number of nitrogen functional groups attached to an aromatic ring is 1. The van der Waals surface area contributed by atoms with Gasteiger partial charge in [0.15, 0.2) is 0 Å². The van der Waals surface area contributed by atoms with Crippen LogP contribution in [0.2, 0.25) is 0 Å². The summed E-state index contributed by atoms with van der Waals surface area (Å²) in [4.78, 5) is 0. The molecule has 1 aromatic rings. The highest BCUT2D eigenvalue weighted by atomic mass is 19.4. The largest absolute Gasteiger partial charge is 0.493 e. The molecule has 1 aromatic carbocycles. The molecule has 0 amide bonds. The molecule has 0 atom stereocenters. The molecule has 108 valence electrons. The molecule has 0 spiro atoms. The van der Waals surface area contributed by atoms with Gasteiger partial charge in [0.05, 0.1) is 17.8 Å². The predicted molar refractivity (Wildman–Crippen MR) is 67.1 cm³/mol. The van der Waals surface area contributed by atoms with Crippen molar-refractivity contribution in [1.82, 2.24) is 0 Å². The van der Waals surface area contributed by atoms with Gasteiger partial charge in [0.2, 0.25) is 0 Å². The van der Waals surface area contributed by atoms with E-state index in [0.29, 0.717) is 6.42 Å². The van der Waals surface area contributed by atoms with E-state index in [1.165, 1.54) is 12.1 Å². The quantitative estimate of drug-likeness (QED) is 0.838. The van der Waals surface area contributed by atoms with Crippen molar-refractivity contribution in [2.45, 2.75) is 32.0 Å². The Morgan fingerprint density at radius 1 is 1.21 bits per heavy atom. The number of anilines is 1. The zero-order chi connectivity index (χ0) is 14.7. The minimum atomic E-state index is -4.48. The van der Waals surface area contributed by atoms with Gasteiger partial charge in [-0.1, -0.05) is 0 Å². The van der Waals surface area contributed by atoms with Crippen LogP contribution in [0.1, 0.15) is 25.8 Å². The Morgan fingerprint density at radius 3 is 2.37 bits per heavy atom. The van der Waals surface area contributed by atoms with E-state index in [0.717, 1.165) is 6.07 Å². The van der Waals surface area contributed by atoms with Crippen LogP contribution in [-0.2, 0) is 10.9 Å². The number of hydrogen-bond acceptors (Lipinski definition) is 3. The summed E-state index contributed by atoms with van der Waals surface area (Å²) in [7, 11) is 1.55. The number of hydrogen-bond donors (Lipinski definition) is 1. The summed E-state index contributed by atoms with van der Waals surface area (Å²) >= 11 is 0. The average molecular weight is 277 g/mol. The van der Waals surface area contributed by atoms with Crippen LogP contribution < -0.4 is 10.5 Å². The van der Waals surface area contributed by atoms with Gasteiger partial charge in [-0.05, 0) is 32.0 Å². The second-order valence-electron chi connectivity index (χ2n) is 4.82. The zero-order valence-corrected chi connectivity index (χ0v) is 11.2. The SMILES string of the molecule is COC(C)(C)CCOc1ccc(N)cc1C(F)(F)F. The van der Waals surface area contributed by atoms with E-state index in [9.17, 15) is 13.2 Å². The molecule has 0 aliphatic carbocycles. The van der Waals surface area contributed by atoms with Crippen LogP contribution >= 0.6 is 0 Å². The van der Waals surface area contributed by atoms with Gasteiger partial charge in [-0.25, -0.2) is 0 Å². The molecule has 6 heteroatoms. The highest BCUT2D eigenvalue weighted by Crippen LogP contribution is 2.37. The first-order valence-corrected chi connectivity index (χ1v) is 5.80. The lowest BCUT2D eigenvalue weighted by Gasteiger charge is -2.23. The Kier molecular flexibility index (Phi) is 4.68. The lowest BCUT2D eigenvalue weighted by atomic mass is 10.1. The molecule has 1 rings (SSSR count). The average Bonchev–Trinajstić information content (AvgIpc) is 2.29. The normalized spacial score (nSPS) is 12.5. The Morgan fingerprint density at radius 2 is 1.84 bits per heavy atom. The van der Waals surface area contributed by atoms with Crippen molar-refractivity contribution >= 4 is 5.69 Å². The van der Waals surface area contributed by atoms with Gasteiger partial charge in [0.25, 0.3) is 0 Å². The van der Waals surface area contributed by atoms with Crippen LogP contribution in [0.25, 0.3) is 0 Å². The number of alkyl halides is 3. The summed E-state index contributed by atoms with van der Waals surface area (Å²) in [6.45, 7) is 3.81. The molecule has 0 aliphatic rings. The Labute approximate surface area is 110 Å². The van der Waals surface area contributed by atoms with Crippen LogP contribution in [0.4, 0.5) is 18.9 Å². The zero-order valence-electron chi connectivity index (χ0n) is 11.2. The minimum Gasteiger partial charge on any atom is -0.493 e. The fourth-order valence-electron chi connectivity index (χ4n) is 1.40. The molecule has 0 unspecified atom stereocenters. The first kappa shape index (κ1) is 15.6. The molecule has 0 aliphatic heterocycles. The number of halogens is 3. The maximum atomic E-state index is 12.8. The summed E-state index contributed by atoms with van der Waals surface area (Å²) in [5.74, 6) is -0.214. The van der Waals surface area contributed by atoms with Crippen molar-refractivity contribution in [2.75, 3.05) is 19.5 Å². The molecule has 0 bridgehead atoms. The highest BCUT2D eigenvalue weighted by Gasteiger charge is 2.34. The monoisotopic (exact) mass is 277 g/mol. The number of benzene rings is 1. The third kappa shape index (κ3) is 4.63. The molecule has 19 heavy (non-hydrogen) atoms. The number of rotatable bonds is 5. The van der Waals surface area contributed by atoms with Gasteiger partial charge in [-0.3, -0.25) is 0 Å². The smallest absolute Gasteiger partial charge is 0.420 e. The molecular formula is C13H18F3NO2. The van der Waals surface area contributed by atoms with E-state index in [2.05, 4.69) is 0 Å². The highest BCUT2D eigenvalue weighted by molar-refractivity contribution is 5.49. The lowest BCUT2D eigenvalue weighted by molar-refractivity contribution is -0.139. The summed E-state index contributed by atoms with van der Waals surface area (Å²) in [6.07, 6.45) is -4.01. The van der Waals surface area contributed by atoms with Crippen LogP contribution in [0.3, 0.4) is 0 Å². The topological polar surface area (TPSA) is 44.5 Å². The number of ether oxygens (including phenoxy) is 2. The van der Waals surface area contributed by atoms with Crippen LogP contribution in [0, 0.1) is 0 Å². The third-order valence-electron chi connectivity index (χ3n) is 2.82. The van der Waals surface area contributed by atoms with Gasteiger partial charge in [-0.2, -0.15) is 13.2 Å². The van der Waals surface area contributed by atoms with E-state index >= 15 is 0 Å². The molecule has 0 fully saturated rings. The van der Waals surface area contributed by atoms with E-state index in [-0.39, 0.29) is 18.0 Å². The first-order valence-electron chi connectivity index (χ1n) is 5.80. The predicted octanol–water partition coefficient (Wildman–Crippen LogP) is 3.48. The summed E-state index contributed by atoms with van der Waals surface area (Å²) < 4.78 is 48.8. The number of methoxy groups -OCH3 is 1. The maximum absolute atomic E-state index is 12.8. The lowest BCUT2D eigenvalue weighted by Crippen LogP contribution is -2.25. The molecule has 0 heterocycles. The summed E-state index contributed by atoms with van der Waals surface area (Å²) in [5.41, 5.74) is 4.12. The van der Waals surface area contributed by atoms with Crippen molar-refractivity contribution in [3.63, 3.8) is 0 Å². The summed E-state index contributed by atoms with van der Waals surface area (Å²) in [6, 6.07) is 3.49. The molecule has 0 aromatic heterocycles. The Bertz CT molecular complexity index is 430. The van der Waals surface area contributed by atoms with Gasteiger partial charge < -0.3 is 15.2 Å². The van der Waals surface area contributed by atoms with Crippen molar-refractivity contribution in [1.29, 1.82) is 0 Å². The molecule has 2 N–H and O–H groups in total. The van der Waals surface area contributed by atoms with E-state index in [4.69, 9.17) is 15.2 Å². The van der Waals surface area contributed by atoms with Crippen molar-refractivity contribution in [3.8, 4) is 5.75 Å². The van der Waals surface area contributed by atoms with Gasteiger partial charge in [0, 0.05) is 19.2 Å². The Balaban J connectivity index is 2.79. The van der Waals surface area contributed by atoms with Crippen molar-refractivity contribution in [3.05, 3.63) is 23.8 Å². The van der Waals surface area contributed by atoms with Crippen LogP contribution in [-0.4, -0.2) is 19.3 Å². The first-order chi connectivity index (χ1) is 8.65. The van der Waals surface area contributed by atoms with Crippen molar-refractivity contribution < 1.29 is 22.6 Å². The standard InChI is InChI=1S/C13H18F3NO2/c1-12(2,18-3)6-7-19-11-5-4-9(17)8-10(11)13(14,15)16/h4-5,8H,6-7,17H2,1-3H3. The summed E-state index contributed by atoms with van der Waals surface area (Å²) in [5, 5.41) is 0. The van der Waals surface area contributed by atoms with Gasteiger partial charge in [0.1, 0.15) is 5.75 Å². The number of nitrogens with two attached hydrogens (primary N) is 1. The molecule has 3 nitrogen and oxygen atoms in total. The molecule has 0 saturated heterocycles. The molecule has 0 radical (unpaired) electrons. The minimum absolute atomic E-state index is 0.0527. The fraction of sp³-hybridized carbons (Fsp3) is 0.538. The fourth-order valence-corrected chi connectivity index (χ4v) is 1.40. The van der Waals surface area contributed by atoms with Gasteiger partial charge >= 0.3 is 6.18 Å². The van der Waals surface area contributed by atoms with E-state index in [1.807, 2.05) is 13.8 Å². The van der Waals surface area contributed by atoms with Crippen LogP contribution in [0.5, 0.6) is 5.75 Å². The van der Waals surface area contributed by atoms with E-state index in [1.54, 1.807) is 7.11 Å².